The molecule has 0 saturated heterocycles. The van der Waals surface area contributed by atoms with Gasteiger partial charge < -0.3 is 9.67 Å². The zero-order chi connectivity index (χ0) is 8.27. The Morgan fingerprint density at radius 1 is 1.82 bits per heavy atom. The van der Waals surface area contributed by atoms with E-state index >= 15 is 0 Å². The number of carbonyl (C=O) groups is 1. The van der Waals surface area contributed by atoms with Gasteiger partial charge in [-0.05, 0) is 0 Å². The van der Waals surface area contributed by atoms with Crippen molar-refractivity contribution in [1.82, 2.24) is 9.55 Å². The zero-order valence-corrected chi connectivity index (χ0v) is 6.32. The van der Waals surface area contributed by atoms with Gasteiger partial charge in [0.05, 0.1) is 18.4 Å². The van der Waals surface area contributed by atoms with Gasteiger partial charge in [-0.25, -0.2) is 4.98 Å². The summed E-state index contributed by atoms with van der Waals surface area (Å²) in [5, 5.41) is 8.35. The number of hydrogen-bond acceptors (Lipinski definition) is 2. The Morgan fingerprint density at radius 2 is 2.55 bits per heavy atom. The van der Waals surface area contributed by atoms with Crippen molar-refractivity contribution in [3.05, 3.63) is 18.2 Å². The molecule has 1 aromatic heterocycles. The van der Waals surface area contributed by atoms with Gasteiger partial charge in [-0.1, -0.05) is 0 Å². The third-order valence-corrected chi connectivity index (χ3v) is 1.35. The molecule has 0 spiro atoms. The lowest BCUT2D eigenvalue weighted by atomic mass is 10.2. The van der Waals surface area contributed by atoms with Crippen molar-refractivity contribution >= 4 is 5.97 Å². The van der Waals surface area contributed by atoms with E-state index in [9.17, 15) is 4.79 Å². The molecule has 0 aliphatic carbocycles. The summed E-state index contributed by atoms with van der Waals surface area (Å²) in [6, 6.07) is 0. The highest BCUT2D eigenvalue weighted by molar-refractivity contribution is 5.66. The highest BCUT2D eigenvalue weighted by Crippen LogP contribution is 1.98. The van der Waals surface area contributed by atoms with E-state index in [0.29, 0.717) is 6.42 Å². The maximum Gasteiger partial charge on any atom is 0.303 e. The van der Waals surface area contributed by atoms with Crippen molar-refractivity contribution in [1.29, 1.82) is 0 Å². The Labute approximate surface area is 64.5 Å². The monoisotopic (exact) mass is 154 g/mol. The largest absolute Gasteiger partial charge is 0.481 e. The molecule has 0 aliphatic heterocycles. The summed E-state index contributed by atoms with van der Waals surface area (Å²) in [6.45, 7) is 0. The molecule has 0 radical (unpaired) electrons. The number of imidazole rings is 1. The van der Waals surface area contributed by atoms with Gasteiger partial charge in [0.2, 0.25) is 0 Å². The van der Waals surface area contributed by atoms with Crippen LogP contribution < -0.4 is 0 Å². The van der Waals surface area contributed by atoms with Gasteiger partial charge in [-0.2, -0.15) is 0 Å². The number of rotatable bonds is 3. The van der Waals surface area contributed by atoms with Crippen LogP contribution in [0.2, 0.25) is 0 Å². The number of carboxylic acid groups (broad SMARTS) is 1. The van der Waals surface area contributed by atoms with Gasteiger partial charge >= 0.3 is 5.97 Å². The molecule has 0 fully saturated rings. The van der Waals surface area contributed by atoms with Gasteiger partial charge in [-0.3, -0.25) is 4.79 Å². The first-order valence-electron chi connectivity index (χ1n) is 3.37. The van der Waals surface area contributed by atoms with Crippen LogP contribution in [0, 0.1) is 0 Å². The quantitative estimate of drug-likeness (QED) is 0.687. The second kappa shape index (κ2) is 3.18. The lowest BCUT2D eigenvalue weighted by Crippen LogP contribution is -1.97. The minimum absolute atomic E-state index is 0.150. The SMILES string of the molecule is Cn1cnc(CCC(=O)O)c1. The standard InChI is InChI=1S/C7H10N2O2/c1-9-4-6(8-5-9)2-3-7(10)11/h4-5H,2-3H2,1H3,(H,10,11). The molecule has 0 aromatic carbocycles. The first-order chi connectivity index (χ1) is 5.18. The van der Waals surface area contributed by atoms with E-state index < -0.39 is 5.97 Å². The molecule has 0 amide bonds. The Morgan fingerprint density at radius 3 is 3.00 bits per heavy atom. The molecule has 11 heavy (non-hydrogen) atoms. The molecule has 0 aliphatic rings. The summed E-state index contributed by atoms with van der Waals surface area (Å²) in [7, 11) is 1.86. The number of hydrogen-bond donors (Lipinski definition) is 1. The molecule has 1 N–H and O–H groups in total. The Bertz CT molecular complexity index is 255. The molecule has 0 bridgehead atoms. The van der Waals surface area contributed by atoms with Crippen LogP contribution in [0.5, 0.6) is 0 Å². The summed E-state index contributed by atoms with van der Waals surface area (Å²) in [5.74, 6) is -0.782. The van der Waals surface area contributed by atoms with Crippen LogP contribution in [0.1, 0.15) is 12.1 Å². The number of aliphatic carboxylic acids is 1. The van der Waals surface area contributed by atoms with Crippen LogP contribution in [-0.4, -0.2) is 20.6 Å². The molecular weight excluding hydrogens is 144 g/mol. The second-order valence-corrected chi connectivity index (χ2v) is 2.42. The first-order valence-corrected chi connectivity index (χ1v) is 3.37. The van der Waals surface area contributed by atoms with Crippen molar-refractivity contribution in [3.8, 4) is 0 Å². The fourth-order valence-corrected chi connectivity index (χ4v) is 0.831. The zero-order valence-electron chi connectivity index (χ0n) is 6.32. The maximum absolute atomic E-state index is 10.1. The van der Waals surface area contributed by atoms with Crippen molar-refractivity contribution < 1.29 is 9.90 Å². The van der Waals surface area contributed by atoms with Gasteiger partial charge in [0, 0.05) is 19.7 Å². The summed E-state index contributed by atoms with van der Waals surface area (Å²) in [6.07, 6.45) is 4.15. The maximum atomic E-state index is 10.1. The Kier molecular flexibility index (Phi) is 2.25. The molecule has 0 unspecified atom stereocenters. The van der Waals surface area contributed by atoms with E-state index in [0.717, 1.165) is 5.69 Å². The summed E-state index contributed by atoms with van der Waals surface area (Å²) < 4.78 is 1.80. The molecule has 60 valence electrons. The summed E-state index contributed by atoms with van der Waals surface area (Å²) in [5.41, 5.74) is 0.829. The van der Waals surface area contributed by atoms with E-state index in [1.807, 2.05) is 13.2 Å². The summed E-state index contributed by atoms with van der Waals surface area (Å²) >= 11 is 0. The Hall–Kier alpha value is -1.32. The first kappa shape index (κ1) is 7.78. The van der Waals surface area contributed by atoms with Crippen LogP contribution in [0.25, 0.3) is 0 Å². The fourth-order valence-electron chi connectivity index (χ4n) is 0.831. The third kappa shape index (κ3) is 2.41. The molecular formula is C7H10N2O2. The summed E-state index contributed by atoms with van der Waals surface area (Å²) in [4.78, 5) is 14.1. The Balaban J connectivity index is 2.45. The lowest BCUT2D eigenvalue weighted by Gasteiger charge is -1.89. The van der Waals surface area contributed by atoms with E-state index in [1.165, 1.54) is 0 Å². The van der Waals surface area contributed by atoms with E-state index in [2.05, 4.69) is 4.98 Å². The minimum atomic E-state index is -0.782. The third-order valence-electron chi connectivity index (χ3n) is 1.35. The number of carboxylic acids is 1. The normalized spacial score (nSPS) is 9.91. The molecule has 1 heterocycles. The average Bonchev–Trinajstić information content (AvgIpc) is 2.31. The fraction of sp³-hybridized carbons (Fsp3) is 0.429. The number of aryl methyl sites for hydroxylation is 2. The topological polar surface area (TPSA) is 55.1 Å². The van der Waals surface area contributed by atoms with E-state index in [1.54, 1.807) is 10.9 Å². The van der Waals surface area contributed by atoms with Crippen LogP contribution in [0.4, 0.5) is 0 Å². The predicted octanol–water partition coefficient (Wildman–Crippen LogP) is 0.437. The minimum Gasteiger partial charge on any atom is -0.481 e. The predicted molar refractivity (Wildman–Crippen MR) is 39.2 cm³/mol. The molecule has 0 atom stereocenters. The number of aromatic nitrogens is 2. The van der Waals surface area contributed by atoms with E-state index in [4.69, 9.17) is 5.11 Å². The second-order valence-electron chi connectivity index (χ2n) is 2.42. The van der Waals surface area contributed by atoms with Crippen LogP contribution >= 0.6 is 0 Å². The van der Waals surface area contributed by atoms with Crippen molar-refractivity contribution in [3.63, 3.8) is 0 Å². The highest BCUT2D eigenvalue weighted by atomic mass is 16.4. The average molecular weight is 154 g/mol. The van der Waals surface area contributed by atoms with Crippen molar-refractivity contribution in [2.45, 2.75) is 12.8 Å². The highest BCUT2D eigenvalue weighted by Gasteiger charge is 2.00. The van der Waals surface area contributed by atoms with Gasteiger partial charge in [0.15, 0.2) is 0 Å². The van der Waals surface area contributed by atoms with Crippen molar-refractivity contribution in [2.24, 2.45) is 7.05 Å². The molecule has 0 saturated carbocycles. The van der Waals surface area contributed by atoms with E-state index in [-0.39, 0.29) is 6.42 Å². The molecule has 4 heteroatoms. The van der Waals surface area contributed by atoms with Crippen molar-refractivity contribution in [2.75, 3.05) is 0 Å². The van der Waals surface area contributed by atoms with Crippen LogP contribution in [0.3, 0.4) is 0 Å². The smallest absolute Gasteiger partial charge is 0.303 e. The van der Waals surface area contributed by atoms with Gasteiger partial charge in [0.1, 0.15) is 0 Å². The number of nitrogens with zero attached hydrogens (tertiary/aromatic N) is 2. The van der Waals surface area contributed by atoms with Gasteiger partial charge in [0.25, 0.3) is 0 Å². The molecule has 1 aromatic rings. The van der Waals surface area contributed by atoms with Gasteiger partial charge in [-0.15, -0.1) is 0 Å². The molecule has 1 rings (SSSR count). The molecule has 4 nitrogen and oxygen atoms in total. The van der Waals surface area contributed by atoms with Crippen LogP contribution in [-0.2, 0) is 18.3 Å². The lowest BCUT2D eigenvalue weighted by molar-refractivity contribution is -0.136. The van der Waals surface area contributed by atoms with Crippen LogP contribution in [0.15, 0.2) is 12.5 Å².